The fourth-order valence-electron chi connectivity index (χ4n) is 7.22. The van der Waals surface area contributed by atoms with Crippen molar-refractivity contribution >= 4 is 40.0 Å². The second-order valence-electron chi connectivity index (χ2n) is 12.5. The maximum atomic E-state index is 2.54. The first-order valence-electron chi connectivity index (χ1n) is 15.8. The van der Waals surface area contributed by atoms with E-state index in [1.165, 1.54) is 76.4 Å². The summed E-state index contributed by atoms with van der Waals surface area (Å²) in [7, 11) is -2.03. The van der Waals surface area contributed by atoms with Gasteiger partial charge in [-0.25, -0.2) is 0 Å². The van der Waals surface area contributed by atoms with E-state index in [9.17, 15) is 0 Å². The zero-order valence-corrected chi connectivity index (χ0v) is 26.7. The Morgan fingerprint density at radius 3 is 1.49 bits per heavy atom. The lowest BCUT2D eigenvalue weighted by Crippen LogP contribution is -2.49. The van der Waals surface area contributed by atoms with Gasteiger partial charge >= 0.3 is 0 Å². The van der Waals surface area contributed by atoms with Crippen molar-refractivity contribution in [2.45, 2.75) is 13.1 Å². The molecule has 1 aliphatic heterocycles. The minimum atomic E-state index is -2.03. The standard InChI is InChI=1S/C44H34Si/c1-45(2)43-28-34(38-25-15-21-33-20-13-14-24-35(33)38)26-27-39(43)42-29-40-36(31-16-7-5-8-17-31)22-11-3-4-12-23-37(41(40)30-44(42)45)32-18-9-6-10-19-32/h3-30H,1-2H3. The van der Waals surface area contributed by atoms with Crippen LogP contribution >= 0.6 is 0 Å². The van der Waals surface area contributed by atoms with Crippen LogP contribution in [-0.4, -0.2) is 8.07 Å². The van der Waals surface area contributed by atoms with Crippen LogP contribution in [0.2, 0.25) is 13.1 Å². The SMILES string of the molecule is C[Si]1(C)c2cc(-c3cccc4ccccc34)ccc2-c2cc3c(-c4ccccc4)ccccccc(-c4ccccc4)c3cc21. The molecule has 0 atom stereocenters. The molecule has 7 aromatic carbocycles. The molecule has 45 heavy (non-hydrogen) atoms. The van der Waals surface area contributed by atoms with Crippen molar-refractivity contribution in [3.63, 3.8) is 0 Å². The monoisotopic (exact) mass is 590 g/mol. The largest absolute Gasteiger partial charge is 0.113 e. The van der Waals surface area contributed by atoms with E-state index in [1.807, 2.05) is 0 Å². The lowest BCUT2D eigenvalue weighted by molar-refractivity contribution is 1.64. The fourth-order valence-corrected chi connectivity index (χ4v) is 10.3. The first kappa shape index (κ1) is 27.3. The topological polar surface area (TPSA) is 0 Å². The van der Waals surface area contributed by atoms with Crippen LogP contribution < -0.4 is 10.4 Å². The summed E-state index contributed by atoms with van der Waals surface area (Å²) in [6.07, 6.45) is 0. The molecule has 0 aliphatic carbocycles. The van der Waals surface area contributed by atoms with Gasteiger partial charge in [0.05, 0.1) is 0 Å². The molecule has 0 aromatic heterocycles. The smallest absolute Gasteiger partial charge is 0.0622 e. The summed E-state index contributed by atoms with van der Waals surface area (Å²) in [5.41, 5.74) is 10.3. The van der Waals surface area contributed by atoms with Crippen molar-refractivity contribution in [2.24, 2.45) is 0 Å². The van der Waals surface area contributed by atoms with Gasteiger partial charge in [0.2, 0.25) is 0 Å². The molecule has 0 saturated heterocycles. The van der Waals surface area contributed by atoms with Crippen molar-refractivity contribution in [1.29, 1.82) is 0 Å². The Kier molecular flexibility index (Phi) is 6.70. The van der Waals surface area contributed by atoms with Crippen molar-refractivity contribution in [3.8, 4) is 44.5 Å². The van der Waals surface area contributed by atoms with Gasteiger partial charge in [-0.15, -0.1) is 0 Å². The summed E-state index contributed by atoms with van der Waals surface area (Å²) in [5, 5.41) is 8.18. The lowest BCUT2D eigenvalue weighted by Gasteiger charge is -2.21. The van der Waals surface area contributed by atoms with Crippen molar-refractivity contribution in [2.75, 3.05) is 0 Å². The van der Waals surface area contributed by atoms with Crippen LogP contribution in [-0.2, 0) is 0 Å². The van der Waals surface area contributed by atoms with Crippen LogP contribution in [0.5, 0.6) is 0 Å². The Balaban J connectivity index is 1.45. The predicted molar refractivity (Wildman–Crippen MR) is 198 cm³/mol. The van der Waals surface area contributed by atoms with Gasteiger partial charge in [-0.05, 0) is 82.5 Å². The van der Waals surface area contributed by atoms with Crippen molar-refractivity contribution < 1.29 is 0 Å². The Hall–Kier alpha value is -5.24. The van der Waals surface area contributed by atoms with E-state index in [0.29, 0.717) is 0 Å². The lowest BCUT2D eigenvalue weighted by atomic mass is 9.92. The molecule has 1 aliphatic rings. The number of hydrogen-bond acceptors (Lipinski definition) is 0. The Morgan fingerprint density at radius 2 is 0.800 bits per heavy atom. The zero-order chi connectivity index (χ0) is 30.4. The van der Waals surface area contributed by atoms with Gasteiger partial charge in [-0.2, -0.15) is 0 Å². The first-order chi connectivity index (χ1) is 22.1. The number of benzene rings is 6. The fraction of sp³-hybridized carbons (Fsp3) is 0.0455. The normalized spacial score (nSPS) is 12.8. The molecule has 0 unspecified atom stereocenters. The number of fused-ring (bicyclic) bond motifs is 5. The Labute approximate surface area is 266 Å². The van der Waals surface area contributed by atoms with Gasteiger partial charge in [0.1, 0.15) is 8.07 Å². The minimum absolute atomic E-state index is 1.22. The maximum Gasteiger partial charge on any atom is 0.113 e. The summed E-state index contributed by atoms with van der Waals surface area (Å²) in [4.78, 5) is 0. The van der Waals surface area contributed by atoms with Gasteiger partial charge in [0.25, 0.3) is 0 Å². The summed E-state index contributed by atoms with van der Waals surface area (Å²) in [6.45, 7) is 5.05. The highest BCUT2D eigenvalue weighted by Gasteiger charge is 2.38. The van der Waals surface area contributed by atoms with Gasteiger partial charge < -0.3 is 0 Å². The van der Waals surface area contributed by atoms with Crippen LogP contribution in [0.15, 0.2) is 170 Å². The molecular weight excluding hydrogens is 557 g/mol. The third-order valence-corrected chi connectivity index (χ3v) is 13.0. The third kappa shape index (κ3) is 4.68. The van der Waals surface area contributed by atoms with E-state index >= 15 is 0 Å². The molecule has 8 rings (SSSR count). The van der Waals surface area contributed by atoms with E-state index in [0.717, 1.165) is 0 Å². The van der Waals surface area contributed by atoms with Crippen LogP contribution in [0.4, 0.5) is 0 Å². The summed E-state index contributed by atoms with van der Waals surface area (Å²) in [6, 6.07) is 62.5. The van der Waals surface area contributed by atoms with Crippen molar-refractivity contribution in [3.05, 3.63) is 170 Å². The van der Waals surface area contributed by atoms with E-state index in [1.54, 1.807) is 0 Å². The van der Waals surface area contributed by atoms with E-state index < -0.39 is 8.07 Å². The summed E-state index contributed by atoms with van der Waals surface area (Å²) in [5.74, 6) is 0. The molecule has 0 radical (unpaired) electrons. The average molecular weight is 591 g/mol. The minimum Gasteiger partial charge on any atom is -0.0622 e. The molecule has 0 nitrogen and oxygen atoms in total. The summed E-state index contributed by atoms with van der Waals surface area (Å²) < 4.78 is 0. The Morgan fingerprint density at radius 1 is 0.311 bits per heavy atom. The second-order valence-corrected chi connectivity index (χ2v) is 16.8. The van der Waals surface area contributed by atoms with Gasteiger partial charge in [0.15, 0.2) is 0 Å². The van der Waals surface area contributed by atoms with Crippen LogP contribution in [0.25, 0.3) is 66.1 Å². The highest BCUT2D eigenvalue weighted by atomic mass is 28.3. The highest BCUT2D eigenvalue weighted by molar-refractivity contribution is 7.04. The van der Waals surface area contributed by atoms with Crippen LogP contribution in [0, 0.1) is 0 Å². The maximum absolute atomic E-state index is 2.54. The van der Waals surface area contributed by atoms with Crippen molar-refractivity contribution in [1.82, 2.24) is 0 Å². The highest BCUT2D eigenvalue weighted by Crippen LogP contribution is 2.39. The molecule has 1 heteroatoms. The first-order valence-corrected chi connectivity index (χ1v) is 18.8. The van der Waals surface area contributed by atoms with Crippen LogP contribution in [0.1, 0.15) is 0 Å². The molecule has 0 bridgehead atoms. The molecule has 0 fully saturated rings. The second kappa shape index (κ2) is 11.0. The molecule has 0 N–H and O–H groups in total. The third-order valence-electron chi connectivity index (χ3n) is 9.52. The van der Waals surface area contributed by atoms with E-state index in [4.69, 9.17) is 0 Å². The number of rotatable bonds is 3. The molecule has 7 aromatic rings. The average Bonchev–Trinajstić information content (AvgIpc) is 3.31. The predicted octanol–water partition coefficient (Wildman–Crippen LogP) is 10.9. The van der Waals surface area contributed by atoms with Gasteiger partial charge in [-0.3, -0.25) is 0 Å². The summed E-state index contributed by atoms with van der Waals surface area (Å²) >= 11 is 0. The zero-order valence-electron chi connectivity index (χ0n) is 25.7. The van der Waals surface area contributed by atoms with E-state index in [-0.39, 0.29) is 0 Å². The number of hydrogen-bond donors (Lipinski definition) is 0. The van der Waals surface area contributed by atoms with E-state index in [2.05, 4.69) is 183 Å². The molecule has 0 spiro atoms. The quantitative estimate of drug-likeness (QED) is 0.180. The molecule has 1 heterocycles. The van der Waals surface area contributed by atoms with Gasteiger partial charge in [0, 0.05) is 0 Å². The van der Waals surface area contributed by atoms with Gasteiger partial charge in [-0.1, -0.05) is 177 Å². The molecule has 214 valence electrons. The Bertz CT molecular complexity index is 2270. The molecular formula is C44H34Si. The molecule has 0 saturated carbocycles. The van der Waals surface area contributed by atoms with Crippen LogP contribution in [0.3, 0.4) is 0 Å². The molecule has 0 amide bonds.